The van der Waals surface area contributed by atoms with Crippen molar-refractivity contribution in [2.75, 3.05) is 11.9 Å². The molecular formula is C18H16ClN5O. The highest BCUT2D eigenvalue weighted by atomic mass is 35.5. The Morgan fingerprint density at radius 3 is 3.04 bits per heavy atom. The Balaban J connectivity index is 1.47. The number of para-hydroxylation sites is 1. The number of rotatable bonds is 5. The van der Waals surface area contributed by atoms with E-state index in [1.54, 1.807) is 12.3 Å². The van der Waals surface area contributed by atoms with Crippen molar-refractivity contribution in [3.05, 3.63) is 69.9 Å². The van der Waals surface area contributed by atoms with Gasteiger partial charge in [0.05, 0.1) is 16.2 Å². The summed E-state index contributed by atoms with van der Waals surface area (Å²) >= 11 is 6.08. The lowest BCUT2D eigenvalue weighted by Crippen LogP contribution is -2.10. The van der Waals surface area contributed by atoms with Crippen molar-refractivity contribution in [3.8, 4) is 0 Å². The fourth-order valence-corrected chi connectivity index (χ4v) is 3.19. The van der Waals surface area contributed by atoms with Crippen molar-refractivity contribution in [1.29, 1.82) is 0 Å². The summed E-state index contributed by atoms with van der Waals surface area (Å²) in [7, 11) is 0. The third-order valence-electron chi connectivity index (χ3n) is 4.16. The number of halogens is 1. The lowest BCUT2D eigenvalue weighted by molar-refractivity contribution is 0.867. The average molecular weight is 354 g/mol. The lowest BCUT2D eigenvalue weighted by atomic mass is 10.0. The van der Waals surface area contributed by atoms with Gasteiger partial charge >= 0.3 is 5.69 Å². The minimum Gasteiger partial charge on any atom is -0.382 e. The third-order valence-corrected chi connectivity index (χ3v) is 4.36. The van der Waals surface area contributed by atoms with Gasteiger partial charge in [-0.1, -0.05) is 29.8 Å². The van der Waals surface area contributed by atoms with Crippen molar-refractivity contribution in [2.24, 2.45) is 0 Å². The summed E-state index contributed by atoms with van der Waals surface area (Å²) in [6, 6.07) is 12.0. The quantitative estimate of drug-likeness (QED) is 0.540. The maximum atomic E-state index is 11.7. The average Bonchev–Trinajstić information content (AvgIpc) is 3.00. The van der Waals surface area contributed by atoms with E-state index in [0.29, 0.717) is 10.7 Å². The van der Waals surface area contributed by atoms with Crippen molar-refractivity contribution < 1.29 is 0 Å². The Labute approximate surface area is 148 Å². The molecule has 0 aliphatic rings. The molecule has 7 heteroatoms. The number of benzene rings is 1. The van der Waals surface area contributed by atoms with Gasteiger partial charge in [-0.15, -0.1) is 0 Å². The predicted octanol–water partition coefficient (Wildman–Crippen LogP) is 3.27. The van der Waals surface area contributed by atoms with E-state index in [1.165, 1.54) is 15.4 Å². The van der Waals surface area contributed by atoms with Gasteiger partial charge in [0.15, 0.2) is 5.65 Å². The summed E-state index contributed by atoms with van der Waals surface area (Å²) in [6.07, 6.45) is 5.26. The van der Waals surface area contributed by atoms with Gasteiger partial charge in [0.2, 0.25) is 0 Å². The van der Waals surface area contributed by atoms with Crippen LogP contribution in [0.3, 0.4) is 0 Å². The second-order valence-corrected chi connectivity index (χ2v) is 6.25. The van der Waals surface area contributed by atoms with Gasteiger partial charge in [0.1, 0.15) is 0 Å². The number of nitrogens with zero attached hydrogens (tertiary/aromatic N) is 3. The summed E-state index contributed by atoms with van der Waals surface area (Å²) in [5.74, 6) is 0. The first-order valence-electron chi connectivity index (χ1n) is 8.05. The van der Waals surface area contributed by atoms with E-state index in [4.69, 9.17) is 11.6 Å². The highest BCUT2D eigenvalue weighted by molar-refractivity contribution is 6.30. The van der Waals surface area contributed by atoms with Crippen LogP contribution in [0.2, 0.25) is 5.02 Å². The number of fused-ring (bicyclic) bond motifs is 2. The van der Waals surface area contributed by atoms with Crippen LogP contribution in [-0.2, 0) is 6.42 Å². The molecule has 6 nitrogen and oxygen atoms in total. The van der Waals surface area contributed by atoms with E-state index < -0.39 is 0 Å². The fraction of sp³-hybridized carbons (Fsp3) is 0.167. The summed E-state index contributed by atoms with van der Waals surface area (Å²) in [5.41, 5.74) is 3.28. The molecule has 0 aliphatic carbocycles. The van der Waals surface area contributed by atoms with Gasteiger partial charge in [-0.25, -0.2) is 14.3 Å². The predicted molar refractivity (Wildman–Crippen MR) is 99.4 cm³/mol. The van der Waals surface area contributed by atoms with Crippen molar-refractivity contribution in [3.63, 3.8) is 0 Å². The molecule has 0 radical (unpaired) electrons. The first-order chi connectivity index (χ1) is 12.2. The summed E-state index contributed by atoms with van der Waals surface area (Å²) in [4.78, 5) is 16.1. The monoisotopic (exact) mass is 353 g/mol. The summed E-state index contributed by atoms with van der Waals surface area (Å²) < 4.78 is 1.40. The normalized spacial score (nSPS) is 11.2. The van der Waals surface area contributed by atoms with Crippen molar-refractivity contribution in [2.45, 2.75) is 12.8 Å². The zero-order chi connectivity index (χ0) is 17.2. The first kappa shape index (κ1) is 15.7. The van der Waals surface area contributed by atoms with Gasteiger partial charge in [-0.05, 0) is 36.6 Å². The largest absolute Gasteiger partial charge is 0.382 e. The van der Waals surface area contributed by atoms with Gasteiger partial charge < -0.3 is 5.32 Å². The topological polar surface area (TPSA) is 75.1 Å². The molecule has 4 rings (SSSR count). The summed E-state index contributed by atoms with van der Waals surface area (Å²) in [5, 5.41) is 11.5. The number of aryl methyl sites for hydroxylation is 1. The molecule has 0 saturated heterocycles. The second-order valence-electron chi connectivity index (χ2n) is 5.81. The Bertz CT molecular complexity index is 1100. The standard InChI is InChI=1S/C18H16ClN5O/c19-13-10-16(17-22-23-18(25)24(17)11-13)20-8-3-4-12-7-9-21-15-6-2-1-5-14(12)15/h1-2,5-7,9-11,20H,3-4,8H2,(H,23,25). The molecule has 0 unspecified atom stereocenters. The smallest absolute Gasteiger partial charge is 0.347 e. The minimum absolute atomic E-state index is 0.302. The first-order valence-corrected chi connectivity index (χ1v) is 8.43. The zero-order valence-electron chi connectivity index (χ0n) is 13.4. The third kappa shape index (κ3) is 3.08. The van der Waals surface area contributed by atoms with Crippen LogP contribution in [0.15, 0.2) is 53.6 Å². The van der Waals surface area contributed by atoms with E-state index in [1.807, 2.05) is 24.4 Å². The molecule has 0 saturated carbocycles. The van der Waals surface area contributed by atoms with Crippen LogP contribution in [0, 0.1) is 0 Å². The number of H-pyrrole nitrogens is 1. The minimum atomic E-state index is -0.302. The van der Waals surface area contributed by atoms with Crippen LogP contribution < -0.4 is 11.0 Å². The van der Waals surface area contributed by atoms with Crippen LogP contribution in [0.1, 0.15) is 12.0 Å². The van der Waals surface area contributed by atoms with Crippen LogP contribution in [0.4, 0.5) is 5.69 Å². The molecule has 0 amide bonds. The number of aromatic amines is 1. The zero-order valence-corrected chi connectivity index (χ0v) is 14.1. The number of pyridine rings is 2. The molecule has 25 heavy (non-hydrogen) atoms. The molecule has 0 spiro atoms. The Morgan fingerprint density at radius 1 is 1.24 bits per heavy atom. The number of nitrogens with one attached hydrogen (secondary N) is 2. The van der Waals surface area contributed by atoms with Crippen LogP contribution >= 0.6 is 11.6 Å². The molecule has 2 N–H and O–H groups in total. The van der Waals surface area contributed by atoms with Gasteiger partial charge in [-0.3, -0.25) is 4.98 Å². The van der Waals surface area contributed by atoms with E-state index in [-0.39, 0.29) is 5.69 Å². The number of anilines is 1. The van der Waals surface area contributed by atoms with E-state index in [2.05, 4.69) is 32.6 Å². The highest BCUT2D eigenvalue weighted by Gasteiger charge is 2.08. The second kappa shape index (κ2) is 6.57. The van der Waals surface area contributed by atoms with Gasteiger partial charge in [-0.2, -0.15) is 5.10 Å². The Hall–Kier alpha value is -2.86. The maximum Gasteiger partial charge on any atom is 0.347 e. The van der Waals surface area contributed by atoms with Crippen molar-refractivity contribution >= 4 is 33.8 Å². The SMILES string of the molecule is O=c1[nH]nc2c(NCCCc3ccnc4ccccc34)cc(Cl)cn12. The molecule has 0 fully saturated rings. The number of aromatic nitrogens is 4. The molecule has 0 aliphatic heterocycles. The van der Waals surface area contributed by atoms with E-state index >= 15 is 0 Å². The molecular weight excluding hydrogens is 338 g/mol. The molecule has 4 aromatic rings. The van der Waals surface area contributed by atoms with Crippen LogP contribution in [0.5, 0.6) is 0 Å². The summed E-state index contributed by atoms with van der Waals surface area (Å²) in [6.45, 7) is 0.744. The Morgan fingerprint density at radius 2 is 2.12 bits per heavy atom. The highest BCUT2D eigenvalue weighted by Crippen LogP contribution is 2.20. The molecule has 3 aromatic heterocycles. The molecule has 0 atom stereocenters. The molecule has 1 aromatic carbocycles. The number of hydrogen-bond acceptors (Lipinski definition) is 4. The fourth-order valence-electron chi connectivity index (χ4n) is 2.98. The van der Waals surface area contributed by atoms with Crippen LogP contribution in [0.25, 0.3) is 16.6 Å². The van der Waals surface area contributed by atoms with Crippen molar-refractivity contribution in [1.82, 2.24) is 19.6 Å². The molecule has 126 valence electrons. The maximum absolute atomic E-state index is 11.7. The van der Waals surface area contributed by atoms with E-state index in [9.17, 15) is 4.79 Å². The molecule has 3 heterocycles. The lowest BCUT2D eigenvalue weighted by Gasteiger charge is -2.09. The van der Waals surface area contributed by atoms with Gasteiger partial charge in [0, 0.05) is 24.3 Å². The number of hydrogen-bond donors (Lipinski definition) is 2. The van der Waals surface area contributed by atoms with Crippen LogP contribution in [-0.4, -0.2) is 26.1 Å². The Kier molecular flexibility index (Phi) is 4.11. The van der Waals surface area contributed by atoms with Gasteiger partial charge in [0.25, 0.3) is 0 Å². The van der Waals surface area contributed by atoms with E-state index in [0.717, 1.165) is 30.6 Å². The molecule has 0 bridgehead atoms.